The summed E-state index contributed by atoms with van der Waals surface area (Å²) < 4.78 is 31.4. The third kappa shape index (κ3) is 4.16. The van der Waals surface area contributed by atoms with Crippen LogP contribution in [0.25, 0.3) is 0 Å². The predicted molar refractivity (Wildman–Crippen MR) is 70.8 cm³/mol. The van der Waals surface area contributed by atoms with Gasteiger partial charge in [-0.05, 0) is 38.4 Å². The molecule has 2 N–H and O–H groups in total. The Kier molecular flexibility index (Phi) is 5.88. The predicted octanol–water partition coefficient (Wildman–Crippen LogP) is 2.58. The first-order valence-electron chi connectivity index (χ1n) is 6.46. The first kappa shape index (κ1) is 16.4. The number of carboxylic acid groups (broad SMARTS) is 1. The fourth-order valence-electron chi connectivity index (χ4n) is 1.86. The maximum atomic E-state index is 13.3. The number of aliphatic carboxylic acids is 1. The van der Waals surface area contributed by atoms with E-state index in [1.54, 1.807) is 6.92 Å². The molecule has 1 atom stereocenters. The summed E-state index contributed by atoms with van der Waals surface area (Å²) in [5.74, 6) is -3.10. The van der Waals surface area contributed by atoms with Gasteiger partial charge in [-0.1, -0.05) is 13.0 Å². The van der Waals surface area contributed by atoms with Gasteiger partial charge in [0.25, 0.3) is 0 Å². The molecule has 0 heterocycles. The number of hydrogen-bond donors (Lipinski definition) is 2. The van der Waals surface area contributed by atoms with Crippen molar-refractivity contribution >= 4 is 5.97 Å². The van der Waals surface area contributed by atoms with Crippen LogP contribution in [0.1, 0.15) is 26.7 Å². The Morgan fingerprint density at radius 2 is 2.15 bits per heavy atom. The first-order chi connectivity index (χ1) is 9.40. The zero-order chi connectivity index (χ0) is 15.2. The molecule has 0 spiro atoms. The second kappa shape index (κ2) is 7.19. The van der Waals surface area contributed by atoms with E-state index in [0.717, 1.165) is 6.07 Å². The summed E-state index contributed by atoms with van der Waals surface area (Å²) in [7, 11) is 0. The van der Waals surface area contributed by atoms with Gasteiger partial charge >= 0.3 is 5.97 Å². The Bertz CT molecular complexity index is 468. The van der Waals surface area contributed by atoms with Gasteiger partial charge in [0, 0.05) is 0 Å². The molecule has 0 radical (unpaired) electrons. The molecule has 20 heavy (non-hydrogen) atoms. The van der Waals surface area contributed by atoms with Crippen LogP contribution in [0, 0.1) is 11.6 Å². The summed E-state index contributed by atoms with van der Waals surface area (Å²) in [5, 5.41) is 12.0. The summed E-state index contributed by atoms with van der Waals surface area (Å²) >= 11 is 0. The van der Waals surface area contributed by atoms with Crippen LogP contribution in [0.5, 0.6) is 5.75 Å². The van der Waals surface area contributed by atoms with Gasteiger partial charge in [0.05, 0.1) is 6.61 Å². The lowest BCUT2D eigenvalue weighted by Gasteiger charge is -2.25. The highest BCUT2D eigenvalue weighted by molar-refractivity contribution is 5.78. The van der Waals surface area contributed by atoms with Gasteiger partial charge in [-0.2, -0.15) is 4.39 Å². The van der Waals surface area contributed by atoms with Crippen molar-refractivity contribution in [3.8, 4) is 5.75 Å². The maximum Gasteiger partial charge on any atom is 0.323 e. The monoisotopic (exact) mass is 287 g/mol. The minimum atomic E-state index is -1.04. The third-order valence-corrected chi connectivity index (χ3v) is 3.03. The van der Waals surface area contributed by atoms with Crippen molar-refractivity contribution in [2.75, 3.05) is 13.2 Å². The van der Waals surface area contributed by atoms with Crippen molar-refractivity contribution < 1.29 is 23.4 Å². The number of likely N-dealkylation sites (N-methyl/N-ethyl adjacent to an activating group) is 1. The van der Waals surface area contributed by atoms with Crippen LogP contribution >= 0.6 is 0 Å². The molecule has 1 aromatic carbocycles. The van der Waals surface area contributed by atoms with Gasteiger partial charge in [0.15, 0.2) is 11.6 Å². The Balaban J connectivity index is 2.48. The van der Waals surface area contributed by atoms with Gasteiger partial charge in [-0.3, -0.25) is 4.79 Å². The van der Waals surface area contributed by atoms with Crippen LogP contribution in [-0.4, -0.2) is 29.8 Å². The fourth-order valence-corrected chi connectivity index (χ4v) is 1.86. The van der Waals surface area contributed by atoms with Crippen molar-refractivity contribution in [2.45, 2.75) is 32.2 Å². The highest BCUT2D eigenvalue weighted by Crippen LogP contribution is 2.20. The van der Waals surface area contributed by atoms with E-state index in [-0.39, 0.29) is 12.4 Å². The molecule has 0 saturated heterocycles. The molecule has 0 aromatic heterocycles. The molecule has 0 amide bonds. The standard InChI is InChI=1S/C14H19F2NO3/c1-3-17-14(2,13(18)19)8-5-9-20-11-7-4-6-10(15)12(11)16/h4,6-7,17H,3,5,8-9H2,1-2H3,(H,18,19). The van der Waals surface area contributed by atoms with E-state index in [1.165, 1.54) is 12.1 Å². The quantitative estimate of drug-likeness (QED) is 0.722. The number of carbonyl (C=O) groups is 1. The van der Waals surface area contributed by atoms with Crippen molar-refractivity contribution in [1.82, 2.24) is 5.32 Å². The van der Waals surface area contributed by atoms with Crippen molar-refractivity contribution in [3.63, 3.8) is 0 Å². The van der Waals surface area contributed by atoms with E-state index in [1.807, 2.05) is 6.92 Å². The molecule has 0 aliphatic carbocycles. The van der Waals surface area contributed by atoms with Crippen LogP contribution in [-0.2, 0) is 4.79 Å². The highest BCUT2D eigenvalue weighted by atomic mass is 19.2. The lowest BCUT2D eigenvalue weighted by Crippen LogP contribution is -2.49. The zero-order valence-electron chi connectivity index (χ0n) is 11.6. The van der Waals surface area contributed by atoms with Crippen LogP contribution in [0.3, 0.4) is 0 Å². The fraction of sp³-hybridized carbons (Fsp3) is 0.500. The van der Waals surface area contributed by atoms with Crippen molar-refractivity contribution in [2.24, 2.45) is 0 Å². The van der Waals surface area contributed by atoms with Crippen LogP contribution in [0.15, 0.2) is 18.2 Å². The van der Waals surface area contributed by atoms with Crippen LogP contribution in [0.4, 0.5) is 8.78 Å². The van der Waals surface area contributed by atoms with Crippen LogP contribution in [0.2, 0.25) is 0 Å². The average molecular weight is 287 g/mol. The minimum absolute atomic E-state index is 0.120. The summed E-state index contributed by atoms with van der Waals surface area (Å²) in [6.45, 7) is 4.05. The minimum Gasteiger partial charge on any atom is -0.490 e. The number of nitrogens with one attached hydrogen (secondary N) is 1. The van der Waals surface area contributed by atoms with E-state index >= 15 is 0 Å². The second-order valence-corrected chi connectivity index (χ2v) is 4.67. The number of halogens is 2. The Labute approximate surface area is 116 Å². The lowest BCUT2D eigenvalue weighted by molar-refractivity contribution is -0.144. The van der Waals surface area contributed by atoms with E-state index in [2.05, 4.69) is 5.32 Å². The normalized spacial score (nSPS) is 13.8. The number of benzene rings is 1. The molecule has 112 valence electrons. The van der Waals surface area contributed by atoms with Gasteiger partial charge in [-0.15, -0.1) is 0 Å². The third-order valence-electron chi connectivity index (χ3n) is 3.03. The zero-order valence-corrected chi connectivity index (χ0v) is 11.6. The topological polar surface area (TPSA) is 58.6 Å². The number of ether oxygens (including phenoxy) is 1. The Hall–Kier alpha value is -1.69. The largest absolute Gasteiger partial charge is 0.490 e. The molecular weight excluding hydrogens is 268 g/mol. The van der Waals surface area contributed by atoms with Gasteiger partial charge in [-0.25, -0.2) is 4.39 Å². The van der Waals surface area contributed by atoms with Gasteiger partial charge < -0.3 is 15.2 Å². The maximum absolute atomic E-state index is 13.3. The number of carboxylic acids is 1. The average Bonchev–Trinajstić information content (AvgIpc) is 2.39. The molecule has 1 unspecified atom stereocenters. The molecule has 0 bridgehead atoms. The first-order valence-corrected chi connectivity index (χ1v) is 6.46. The van der Waals surface area contributed by atoms with Crippen molar-refractivity contribution in [1.29, 1.82) is 0 Å². The summed E-state index contributed by atoms with van der Waals surface area (Å²) in [6.07, 6.45) is 0.735. The molecule has 0 aliphatic rings. The summed E-state index contributed by atoms with van der Waals surface area (Å²) in [6, 6.07) is 3.70. The SMILES string of the molecule is CCNC(C)(CCCOc1cccc(F)c1F)C(=O)O. The van der Waals surface area contributed by atoms with Crippen molar-refractivity contribution in [3.05, 3.63) is 29.8 Å². The molecule has 1 aromatic rings. The number of rotatable bonds is 8. The second-order valence-electron chi connectivity index (χ2n) is 4.67. The van der Waals surface area contributed by atoms with Gasteiger partial charge in [0.1, 0.15) is 5.54 Å². The molecule has 0 fully saturated rings. The molecule has 6 heteroatoms. The van der Waals surface area contributed by atoms with E-state index in [4.69, 9.17) is 9.84 Å². The number of hydrogen-bond acceptors (Lipinski definition) is 3. The molecule has 4 nitrogen and oxygen atoms in total. The Morgan fingerprint density at radius 1 is 1.45 bits per heavy atom. The van der Waals surface area contributed by atoms with E-state index in [0.29, 0.717) is 19.4 Å². The summed E-state index contributed by atoms with van der Waals surface area (Å²) in [5.41, 5.74) is -1.04. The summed E-state index contributed by atoms with van der Waals surface area (Å²) in [4.78, 5) is 11.2. The van der Waals surface area contributed by atoms with Crippen LogP contribution < -0.4 is 10.1 Å². The molecule has 1 rings (SSSR count). The smallest absolute Gasteiger partial charge is 0.323 e. The lowest BCUT2D eigenvalue weighted by atomic mass is 9.96. The Morgan fingerprint density at radius 3 is 2.75 bits per heavy atom. The highest BCUT2D eigenvalue weighted by Gasteiger charge is 2.31. The van der Waals surface area contributed by atoms with Gasteiger partial charge in [0.2, 0.25) is 5.82 Å². The van der Waals surface area contributed by atoms with E-state index in [9.17, 15) is 13.6 Å². The molecule has 0 saturated carbocycles. The molecule has 0 aliphatic heterocycles. The van der Waals surface area contributed by atoms with E-state index < -0.39 is 23.1 Å². The molecular formula is C14H19F2NO3.